The maximum Gasteiger partial charge on any atom is 0.363 e. The van der Waals surface area contributed by atoms with Crippen LogP contribution >= 0.6 is 0 Å². The van der Waals surface area contributed by atoms with Crippen molar-refractivity contribution in [2.45, 2.75) is 25.8 Å². The second-order valence-corrected chi connectivity index (χ2v) is 3.82. The van der Waals surface area contributed by atoms with E-state index in [1.807, 2.05) is 0 Å². The van der Waals surface area contributed by atoms with Crippen molar-refractivity contribution in [3.8, 4) is 0 Å². The van der Waals surface area contributed by atoms with Gasteiger partial charge in [0.15, 0.2) is 6.20 Å². The first-order valence-electron chi connectivity index (χ1n) is 5.05. The number of hydrogen-bond acceptors (Lipinski definition) is 4. The molecule has 0 radical (unpaired) electrons. The lowest BCUT2D eigenvalue weighted by atomic mass is 10.2. The van der Waals surface area contributed by atoms with Crippen LogP contribution in [0.25, 0.3) is 0 Å². The first kappa shape index (κ1) is 9.89. The summed E-state index contributed by atoms with van der Waals surface area (Å²) in [4.78, 5) is 16.0. The van der Waals surface area contributed by atoms with Crippen molar-refractivity contribution >= 4 is 11.5 Å². The van der Waals surface area contributed by atoms with Crippen LogP contribution in [-0.4, -0.2) is 22.5 Å². The van der Waals surface area contributed by atoms with Gasteiger partial charge in [-0.2, -0.15) is 0 Å². The van der Waals surface area contributed by atoms with Gasteiger partial charge in [-0.1, -0.05) is 0 Å². The molecule has 1 aromatic rings. The van der Waals surface area contributed by atoms with Crippen molar-refractivity contribution < 1.29 is 4.92 Å². The minimum Gasteiger partial charge on any atom is -0.366 e. The Kier molecular flexibility index (Phi) is 2.53. The van der Waals surface area contributed by atoms with E-state index >= 15 is 0 Å². The monoisotopic (exact) mass is 207 g/mol. The molecule has 15 heavy (non-hydrogen) atoms. The molecule has 1 aliphatic heterocycles. The molecule has 0 bridgehead atoms. The van der Waals surface area contributed by atoms with E-state index in [0.29, 0.717) is 6.04 Å². The fraction of sp³-hybridized carbons (Fsp3) is 0.500. The highest BCUT2D eigenvalue weighted by Gasteiger charge is 2.21. The Balaban J connectivity index is 2.19. The summed E-state index contributed by atoms with van der Waals surface area (Å²) in [6.45, 7) is 3.18. The summed E-state index contributed by atoms with van der Waals surface area (Å²) in [7, 11) is 0. The van der Waals surface area contributed by atoms with Crippen LogP contribution in [0.15, 0.2) is 18.3 Å². The van der Waals surface area contributed by atoms with Crippen molar-refractivity contribution in [2.24, 2.45) is 0 Å². The lowest BCUT2D eigenvalue weighted by Crippen LogP contribution is -2.26. The third-order valence-electron chi connectivity index (χ3n) is 2.80. The molecule has 5 nitrogen and oxygen atoms in total. The van der Waals surface area contributed by atoms with Crippen molar-refractivity contribution in [3.63, 3.8) is 0 Å². The van der Waals surface area contributed by atoms with E-state index in [0.717, 1.165) is 12.2 Å². The summed E-state index contributed by atoms with van der Waals surface area (Å²) < 4.78 is 0. The average molecular weight is 207 g/mol. The molecule has 1 aliphatic rings. The maximum absolute atomic E-state index is 10.4. The minimum absolute atomic E-state index is 0.0920. The van der Waals surface area contributed by atoms with Gasteiger partial charge in [0.1, 0.15) is 0 Å². The summed E-state index contributed by atoms with van der Waals surface area (Å²) >= 11 is 0. The van der Waals surface area contributed by atoms with Gasteiger partial charge >= 0.3 is 5.82 Å². The predicted octanol–water partition coefficient (Wildman–Crippen LogP) is 1.98. The standard InChI is InChI=1S/C10H13N3O2/c1-8-3-2-6-12(8)9-4-5-10(11-7-9)13(14)15/h4-5,7-8H,2-3,6H2,1H3/t8-/m1/s1. The molecule has 5 heteroatoms. The van der Waals surface area contributed by atoms with Crippen LogP contribution in [0.3, 0.4) is 0 Å². The van der Waals surface area contributed by atoms with Crippen LogP contribution in [0.4, 0.5) is 11.5 Å². The quantitative estimate of drug-likeness (QED) is 0.549. The van der Waals surface area contributed by atoms with Crippen LogP contribution < -0.4 is 4.90 Å². The SMILES string of the molecule is C[C@@H]1CCCN1c1ccc([N+](=O)[O-])nc1. The first-order chi connectivity index (χ1) is 7.18. The van der Waals surface area contributed by atoms with Crippen molar-refractivity contribution in [2.75, 3.05) is 11.4 Å². The Morgan fingerprint density at radius 3 is 2.87 bits per heavy atom. The molecule has 80 valence electrons. The zero-order valence-electron chi connectivity index (χ0n) is 8.59. The summed E-state index contributed by atoms with van der Waals surface area (Å²) in [5, 5.41) is 10.4. The summed E-state index contributed by atoms with van der Waals surface area (Å²) in [5.74, 6) is -0.0920. The Hall–Kier alpha value is -1.65. The Morgan fingerprint density at radius 1 is 1.60 bits per heavy atom. The highest BCUT2D eigenvalue weighted by Crippen LogP contribution is 2.25. The number of nitro groups is 1. The zero-order chi connectivity index (χ0) is 10.8. The molecule has 0 N–H and O–H groups in total. The van der Waals surface area contributed by atoms with Gasteiger partial charge in [-0.3, -0.25) is 0 Å². The molecule has 1 atom stereocenters. The number of nitrogens with zero attached hydrogens (tertiary/aromatic N) is 3. The van der Waals surface area contributed by atoms with Gasteiger partial charge in [-0.15, -0.1) is 0 Å². The smallest absolute Gasteiger partial charge is 0.363 e. The van der Waals surface area contributed by atoms with E-state index < -0.39 is 4.92 Å². The Bertz CT molecular complexity index is 363. The van der Waals surface area contributed by atoms with Gasteiger partial charge in [-0.05, 0) is 35.7 Å². The van der Waals surface area contributed by atoms with Crippen molar-refractivity contribution in [3.05, 3.63) is 28.4 Å². The third kappa shape index (κ3) is 1.91. The topological polar surface area (TPSA) is 59.3 Å². The van der Waals surface area contributed by atoms with Gasteiger partial charge < -0.3 is 15.0 Å². The molecule has 2 rings (SSSR count). The van der Waals surface area contributed by atoms with Gasteiger partial charge in [0, 0.05) is 18.7 Å². The van der Waals surface area contributed by atoms with Gasteiger partial charge in [0.25, 0.3) is 0 Å². The zero-order valence-corrected chi connectivity index (χ0v) is 8.59. The van der Waals surface area contributed by atoms with Crippen LogP contribution in [0.1, 0.15) is 19.8 Å². The summed E-state index contributed by atoms with van der Waals surface area (Å²) in [6, 6.07) is 3.74. The fourth-order valence-corrected chi connectivity index (χ4v) is 1.97. The third-order valence-corrected chi connectivity index (χ3v) is 2.80. The largest absolute Gasteiger partial charge is 0.366 e. The molecule has 0 spiro atoms. The molecule has 0 aromatic carbocycles. The Morgan fingerprint density at radius 2 is 2.40 bits per heavy atom. The molecule has 1 saturated heterocycles. The van der Waals surface area contributed by atoms with Crippen LogP contribution in [0, 0.1) is 10.1 Å². The number of hydrogen-bond donors (Lipinski definition) is 0. The fourth-order valence-electron chi connectivity index (χ4n) is 1.97. The number of aromatic nitrogens is 1. The van der Waals surface area contributed by atoms with E-state index in [1.54, 1.807) is 12.3 Å². The van der Waals surface area contributed by atoms with E-state index in [9.17, 15) is 10.1 Å². The van der Waals surface area contributed by atoms with Crippen molar-refractivity contribution in [1.29, 1.82) is 0 Å². The Labute approximate surface area is 87.9 Å². The maximum atomic E-state index is 10.4. The highest BCUT2D eigenvalue weighted by atomic mass is 16.6. The van der Waals surface area contributed by atoms with Crippen LogP contribution in [0.5, 0.6) is 0 Å². The molecule has 0 amide bonds. The summed E-state index contributed by atoms with van der Waals surface area (Å²) in [5.41, 5.74) is 0.977. The second kappa shape index (κ2) is 3.84. The molecule has 0 unspecified atom stereocenters. The van der Waals surface area contributed by atoms with Gasteiger partial charge in [-0.25, -0.2) is 0 Å². The van der Waals surface area contributed by atoms with Gasteiger partial charge in [0.2, 0.25) is 0 Å². The van der Waals surface area contributed by atoms with Crippen LogP contribution in [-0.2, 0) is 0 Å². The highest BCUT2D eigenvalue weighted by molar-refractivity contribution is 5.48. The minimum atomic E-state index is -0.475. The van der Waals surface area contributed by atoms with E-state index in [-0.39, 0.29) is 5.82 Å². The lowest BCUT2D eigenvalue weighted by molar-refractivity contribution is -0.389. The molecular formula is C10H13N3O2. The first-order valence-corrected chi connectivity index (χ1v) is 5.05. The molecule has 2 heterocycles. The molecule has 0 aliphatic carbocycles. The molecule has 1 aromatic heterocycles. The van der Waals surface area contributed by atoms with Gasteiger partial charge in [0.05, 0.1) is 5.69 Å². The number of rotatable bonds is 2. The van der Waals surface area contributed by atoms with E-state index in [4.69, 9.17) is 0 Å². The predicted molar refractivity (Wildman–Crippen MR) is 56.9 cm³/mol. The lowest BCUT2D eigenvalue weighted by Gasteiger charge is -2.21. The summed E-state index contributed by atoms with van der Waals surface area (Å²) in [6.07, 6.45) is 3.94. The average Bonchev–Trinajstić information content (AvgIpc) is 2.65. The molecule has 1 fully saturated rings. The second-order valence-electron chi connectivity index (χ2n) is 3.82. The van der Waals surface area contributed by atoms with E-state index in [1.165, 1.54) is 18.9 Å². The van der Waals surface area contributed by atoms with E-state index in [2.05, 4.69) is 16.8 Å². The number of anilines is 1. The van der Waals surface area contributed by atoms with Crippen LogP contribution in [0.2, 0.25) is 0 Å². The number of pyridine rings is 1. The normalized spacial score (nSPS) is 20.6. The van der Waals surface area contributed by atoms with Crippen molar-refractivity contribution in [1.82, 2.24) is 4.98 Å². The molecular weight excluding hydrogens is 194 g/mol. The molecule has 0 saturated carbocycles.